The molecule has 1 amide bonds. The van der Waals surface area contributed by atoms with Crippen LogP contribution in [0.15, 0.2) is 12.3 Å². The third kappa shape index (κ3) is 4.09. The molecule has 3 rings (SSSR count). The second-order valence-corrected chi connectivity index (χ2v) is 7.08. The molecule has 0 bridgehead atoms. The Hall–Kier alpha value is -1.57. The number of carbonyl (C=O) groups excluding carboxylic acids is 1. The standard InChI is InChI=1S/C17H24N4O2S/c1-12-15-9-14(11-19-17(15)24-20-12)16(22)18-10-13-3-5-21(6-4-13)7-8-23-2/h9,11,13H,3-8,10H2,1-2H3,(H,18,22). The van der Waals surface area contributed by atoms with Crippen LogP contribution in [0.4, 0.5) is 0 Å². The normalized spacial score (nSPS) is 16.6. The lowest BCUT2D eigenvalue weighted by Crippen LogP contribution is -2.39. The first-order valence-corrected chi connectivity index (χ1v) is 9.16. The van der Waals surface area contributed by atoms with E-state index in [9.17, 15) is 4.79 Å². The highest BCUT2D eigenvalue weighted by atomic mass is 32.1. The minimum atomic E-state index is -0.0446. The van der Waals surface area contributed by atoms with Gasteiger partial charge < -0.3 is 15.0 Å². The van der Waals surface area contributed by atoms with Gasteiger partial charge in [-0.2, -0.15) is 4.37 Å². The van der Waals surface area contributed by atoms with Gasteiger partial charge >= 0.3 is 0 Å². The molecule has 2 aromatic rings. The van der Waals surface area contributed by atoms with Gasteiger partial charge in [-0.05, 0) is 56.4 Å². The molecule has 130 valence electrons. The van der Waals surface area contributed by atoms with Gasteiger partial charge in [0.05, 0.1) is 17.9 Å². The number of nitrogens with zero attached hydrogens (tertiary/aromatic N) is 3. The molecule has 0 aromatic carbocycles. The third-order valence-corrected chi connectivity index (χ3v) is 5.51. The number of aryl methyl sites for hydroxylation is 1. The van der Waals surface area contributed by atoms with Crippen molar-refractivity contribution in [3.8, 4) is 0 Å². The van der Waals surface area contributed by atoms with Crippen molar-refractivity contribution in [2.24, 2.45) is 5.92 Å². The monoisotopic (exact) mass is 348 g/mol. The van der Waals surface area contributed by atoms with Crippen molar-refractivity contribution in [1.82, 2.24) is 19.6 Å². The zero-order chi connectivity index (χ0) is 16.9. The summed E-state index contributed by atoms with van der Waals surface area (Å²) in [4.78, 5) is 20.0. The van der Waals surface area contributed by atoms with E-state index >= 15 is 0 Å². The van der Waals surface area contributed by atoms with E-state index < -0.39 is 0 Å². The van der Waals surface area contributed by atoms with Gasteiger partial charge in [0.2, 0.25) is 0 Å². The molecule has 0 spiro atoms. The molecule has 0 unspecified atom stereocenters. The number of hydrogen-bond acceptors (Lipinski definition) is 6. The Balaban J connectivity index is 1.49. The summed E-state index contributed by atoms with van der Waals surface area (Å²) in [5.41, 5.74) is 1.55. The summed E-state index contributed by atoms with van der Waals surface area (Å²) in [7, 11) is 1.74. The average molecular weight is 348 g/mol. The number of methoxy groups -OCH3 is 1. The van der Waals surface area contributed by atoms with Crippen molar-refractivity contribution in [1.29, 1.82) is 0 Å². The number of aromatic nitrogens is 2. The number of likely N-dealkylation sites (tertiary alicyclic amines) is 1. The lowest BCUT2D eigenvalue weighted by atomic mass is 9.96. The largest absolute Gasteiger partial charge is 0.383 e. The SMILES string of the molecule is COCCN1CCC(CNC(=O)c2cnc3snc(C)c3c2)CC1. The summed E-state index contributed by atoms with van der Waals surface area (Å²) in [6.45, 7) is 6.62. The summed E-state index contributed by atoms with van der Waals surface area (Å²) in [5.74, 6) is 0.505. The van der Waals surface area contributed by atoms with Gasteiger partial charge in [0.25, 0.3) is 5.91 Å². The smallest absolute Gasteiger partial charge is 0.252 e. The van der Waals surface area contributed by atoms with E-state index in [0.717, 1.165) is 61.5 Å². The molecular formula is C17H24N4O2S. The lowest BCUT2D eigenvalue weighted by molar-refractivity contribution is 0.0926. The fraction of sp³-hybridized carbons (Fsp3) is 0.588. The fourth-order valence-corrected chi connectivity index (χ4v) is 3.77. The summed E-state index contributed by atoms with van der Waals surface area (Å²) in [5, 5.41) is 4.04. The average Bonchev–Trinajstić information content (AvgIpc) is 2.99. The summed E-state index contributed by atoms with van der Waals surface area (Å²) < 4.78 is 9.40. The van der Waals surface area contributed by atoms with Crippen molar-refractivity contribution >= 4 is 27.7 Å². The number of pyridine rings is 1. The number of ether oxygens (including phenoxy) is 1. The molecule has 24 heavy (non-hydrogen) atoms. The van der Waals surface area contributed by atoms with Crippen molar-refractivity contribution in [3.05, 3.63) is 23.5 Å². The zero-order valence-electron chi connectivity index (χ0n) is 14.2. The minimum Gasteiger partial charge on any atom is -0.383 e. The Kier molecular flexibility index (Phi) is 5.76. The Labute approximate surface area is 146 Å². The van der Waals surface area contributed by atoms with Gasteiger partial charge in [0.1, 0.15) is 4.83 Å². The van der Waals surface area contributed by atoms with Crippen molar-refractivity contribution in [2.75, 3.05) is 39.9 Å². The van der Waals surface area contributed by atoms with Crippen molar-refractivity contribution in [3.63, 3.8) is 0 Å². The van der Waals surface area contributed by atoms with Crippen LogP contribution in [-0.2, 0) is 4.74 Å². The molecule has 0 atom stereocenters. The van der Waals surface area contributed by atoms with E-state index in [1.165, 1.54) is 11.5 Å². The predicted octanol–water partition coefficient (Wildman–Crippen LogP) is 2.09. The van der Waals surface area contributed by atoms with E-state index in [-0.39, 0.29) is 5.91 Å². The van der Waals surface area contributed by atoms with Crippen LogP contribution in [0.3, 0.4) is 0 Å². The fourth-order valence-electron chi connectivity index (χ4n) is 3.04. The van der Waals surface area contributed by atoms with Gasteiger partial charge in [-0.25, -0.2) is 4.98 Å². The Bertz CT molecular complexity index is 695. The summed E-state index contributed by atoms with van der Waals surface area (Å²) in [6, 6.07) is 1.89. The molecule has 6 nitrogen and oxygen atoms in total. The number of rotatable bonds is 6. The number of carbonyl (C=O) groups is 1. The van der Waals surface area contributed by atoms with E-state index in [2.05, 4.69) is 19.6 Å². The van der Waals surface area contributed by atoms with Gasteiger partial charge in [-0.3, -0.25) is 4.79 Å². The highest BCUT2D eigenvalue weighted by Crippen LogP contribution is 2.21. The molecule has 1 aliphatic heterocycles. The molecule has 1 saturated heterocycles. The number of piperidine rings is 1. The molecule has 2 aromatic heterocycles. The molecule has 1 aliphatic rings. The molecule has 7 heteroatoms. The number of hydrogen-bond donors (Lipinski definition) is 1. The molecule has 1 fully saturated rings. The molecule has 0 aliphatic carbocycles. The topological polar surface area (TPSA) is 67.3 Å². The van der Waals surface area contributed by atoms with Crippen LogP contribution in [0.25, 0.3) is 10.2 Å². The van der Waals surface area contributed by atoms with E-state index in [4.69, 9.17) is 4.74 Å². The maximum absolute atomic E-state index is 12.4. The first-order chi connectivity index (χ1) is 11.7. The van der Waals surface area contributed by atoms with Gasteiger partial charge in [-0.15, -0.1) is 0 Å². The van der Waals surface area contributed by atoms with Crippen LogP contribution in [0.1, 0.15) is 28.9 Å². The van der Waals surface area contributed by atoms with Gasteiger partial charge in [0.15, 0.2) is 0 Å². The lowest BCUT2D eigenvalue weighted by Gasteiger charge is -2.31. The number of amides is 1. The van der Waals surface area contributed by atoms with Crippen molar-refractivity contribution in [2.45, 2.75) is 19.8 Å². The van der Waals surface area contributed by atoms with Crippen molar-refractivity contribution < 1.29 is 9.53 Å². The van der Waals surface area contributed by atoms with Crippen LogP contribution in [-0.4, -0.2) is 60.1 Å². The quantitative estimate of drug-likeness (QED) is 0.866. The van der Waals surface area contributed by atoms with Crippen LogP contribution < -0.4 is 5.32 Å². The second kappa shape index (κ2) is 8.00. The van der Waals surface area contributed by atoms with Gasteiger partial charge in [-0.1, -0.05) is 0 Å². The predicted molar refractivity (Wildman–Crippen MR) is 95.5 cm³/mol. The first kappa shape index (κ1) is 17.3. The van der Waals surface area contributed by atoms with Crippen LogP contribution in [0.2, 0.25) is 0 Å². The zero-order valence-corrected chi connectivity index (χ0v) is 15.1. The van der Waals surface area contributed by atoms with Crippen LogP contribution in [0.5, 0.6) is 0 Å². The molecule has 1 N–H and O–H groups in total. The highest BCUT2D eigenvalue weighted by molar-refractivity contribution is 7.12. The molecular weight excluding hydrogens is 324 g/mol. The molecule has 0 saturated carbocycles. The van der Waals surface area contributed by atoms with Gasteiger partial charge in [0, 0.05) is 31.8 Å². The maximum Gasteiger partial charge on any atom is 0.252 e. The highest BCUT2D eigenvalue weighted by Gasteiger charge is 2.20. The molecule has 0 radical (unpaired) electrons. The first-order valence-electron chi connectivity index (χ1n) is 8.39. The Morgan fingerprint density at radius 3 is 3.00 bits per heavy atom. The minimum absolute atomic E-state index is 0.0446. The van der Waals surface area contributed by atoms with E-state index in [0.29, 0.717) is 11.5 Å². The van der Waals surface area contributed by atoms with E-state index in [1.54, 1.807) is 13.3 Å². The Morgan fingerprint density at radius 2 is 2.25 bits per heavy atom. The Morgan fingerprint density at radius 1 is 1.46 bits per heavy atom. The summed E-state index contributed by atoms with van der Waals surface area (Å²) in [6.07, 6.45) is 3.88. The van der Waals surface area contributed by atoms with Crippen LogP contribution in [0, 0.1) is 12.8 Å². The van der Waals surface area contributed by atoms with E-state index in [1.807, 2.05) is 13.0 Å². The molecule has 3 heterocycles. The third-order valence-electron chi connectivity index (χ3n) is 4.64. The summed E-state index contributed by atoms with van der Waals surface area (Å²) >= 11 is 1.37. The second-order valence-electron chi connectivity index (χ2n) is 6.33. The maximum atomic E-state index is 12.4. The number of fused-ring (bicyclic) bond motifs is 1. The number of nitrogens with one attached hydrogen (secondary N) is 1. The van der Waals surface area contributed by atoms with Crippen LogP contribution >= 0.6 is 11.5 Å².